The standard InChI is InChI=1S/C21H21F3S2/c1-3-4-5-6-7-14-10-13(2)25-21(14)19-9-8-18(26-19)15-11-16(22)20(24)17(23)12-15/h8-12H,3-7H2,1-2H3. The van der Waals surface area contributed by atoms with Crippen LogP contribution in [0.25, 0.3) is 20.2 Å². The molecule has 0 unspecified atom stereocenters. The predicted molar refractivity (Wildman–Crippen MR) is 106 cm³/mol. The van der Waals surface area contributed by atoms with Gasteiger partial charge in [0.05, 0.1) is 0 Å². The number of hydrogen-bond acceptors (Lipinski definition) is 2. The van der Waals surface area contributed by atoms with Crippen LogP contribution in [0.15, 0.2) is 30.3 Å². The summed E-state index contributed by atoms with van der Waals surface area (Å²) in [6.07, 6.45) is 5.92. The molecule has 2 heterocycles. The predicted octanol–water partition coefficient (Wildman–Crippen LogP) is 7.99. The maximum absolute atomic E-state index is 13.5. The van der Waals surface area contributed by atoms with Crippen LogP contribution in [0.3, 0.4) is 0 Å². The molecule has 0 radical (unpaired) electrons. The Morgan fingerprint density at radius 1 is 0.846 bits per heavy atom. The molecule has 1 aromatic carbocycles. The van der Waals surface area contributed by atoms with Crippen LogP contribution in [0, 0.1) is 24.4 Å². The van der Waals surface area contributed by atoms with E-state index in [1.54, 1.807) is 11.3 Å². The van der Waals surface area contributed by atoms with E-state index < -0.39 is 17.5 Å². The maximum Gasteiger partial charge on any atom is 0.194 e. The van der Waals surface area contributed by atoms with E-state index in [-0.39, 0.29) is 0 Å². The molecule has 138 valence electrons. The minimum atomic E-state index is -1.42. The van der Waals surface area contributed by atoms with Crippen molar-refractivity contribution in [3.05, 3.63) is 58.2 Å². The lowest BCUT2D eigenvalue weighted by Gasteiger charge is -2.03. The zero-order valence-corrected chi connectivity index (χ0v) is 16.5. The minimum Gasteiger partial charge on any atom is -0.204 e. The van der Waals surface area contributed by atoms with Crippen molar-refractivity contribution < 1.29 is 13.2 Å². The molecule has 0 aliphatic heterocycles. The molecule has 0 aliphatic rings. The normalized spacial score (nSPS) is 11.3. The van der Waals surface area contributed by atoms with E-state index in [2.05, 4.69) is 19.9 Å². The first-order chi connectivity index (χ1) is 12.5. The van der Waals surface area contributed by atoms with Crippen molar-refractivity contribution in [2.45, 2.75) is 46.0 Å². The Morgan fingerprint density at radius 2 is 1.54 bits per heavy atom. The number of rotatable bonds is 7. The number of unbranched alkanes of at least 4 members (excludes halogenated alkanes) is 3. The van der Waals surface area contributed by atoms with Gasteiger partial charge in [-0.1, -0.05) is 26.2 Å². The molecule has 0 saturated carbocycles. The molecular weight excluding hydrogens is 373 g/mol. The van der Waals surface area contributed by atoms with E-state index in [4.69, 9.17) is 0 Å². The van der Waals surface area contributed by atoms with Crippen LogP contribution in [0.2, 0.25) is 0 Å². The molecule has 3 aromatic rings. The maximum atomic E-state index is 13.5. The van der Waals surface area contributed by atoms with Crippen LogP contribution < -0.4 is 0 Å². The molecule has 0 nitrogen and oxygen atoms in total. The van der Waals surface area contributed by atoms with E-state index in [9.17, 15) is 13.2 Å². The van der Waals surface area contributed by atoms with Gasteiger partial charge in [-0.05, 0) is 61.2 Å². The third-order valence-electron chi connectivity index (χ3n) is 4.33. The summed E-state index contributed by atoms with van der Waals surface area (Å²) in [5.74, 6) is -3.73. The van der Waals surface area contributed by atoms with Crippen LogP contribution in [-0.2, 0) is 6.42 Å². The number of thiophene rings is 2. The fraction of sp³-hybridized carbons (Fsp3) is 0.333. The first-order valence-corrected chi connectivity index (χ1v) is 10.5. The molecule has 3 rings (SSSR count). The average Bonchev–Trinajstić information content (AvgIpc) is 3.22. The van der Waals surface area contributed by atoms with Gasteiger partial charge in [0.2, 0.25) is 0 Å². The van der Waals surface area contributed by atoms with E-state index in [0.29, 0.717) is 5.56 Å². The Morgan fingerprint density at radius 3 is 2.23 bits per heavy atom. The summed E-state index contributed by atoms with van der Waals surface area (Å²) < 4.78 is 40.2. The fourth-order valence-corrected chi connectivity index (χ4v) is 5.22. The van der Waals surface area contributed by atoms with E-state index >= 15 is 0 Å². The van der Waals surface area contributed by atoms with Gasteiger partial charge in [0.25, 0.3) is 0 Å². The quantitative estimate of drug-likeness (QED) is 0.281. The molecule has 2 aromatic heterocycles. The van der Waals surface area contributed by atoms with Gasteiger partial charge >= 0.3 is 0 Å². The van der Waals surface area contributed by atoms with E-state index in [1.807, 2.05) is 12.1 Å². The number of halogens is 3. The van der Waals surface area contributed by atoms with Crippen LogP contribution in [0.4, 0.5) is 13.2 Å². The van der Waals surface area contributed by atoms with Gasteiger partial charge in [0, 0.05) is 19.5 Å². The molecule has 0 bridgehead atoms. The molecule has 0 fully saturated rings. The summed E-state index contributed by atoms with van der Waals surface area (Å²) in [5.41, 5.74) is 1.71. The lowest BCUT2D eigenvalue weighted by Crippen LogP contribution is -1.90. The van der Waals surface area contributed by atoms with Gasteiger partial charge in [-0.3, -0.25) is 0 Å². The van der Waals surface area contributed by atoms with Gasteiger partial charge in [0.1, 0.15) is 0 Å². The SMILES string of the molecule is CCCCCCc1cc(C)sc1-c1ccc(-c2cc(F)c(F)c(F)c2)s1. The lowest BCUT2D eigenvalue weighted by molar-refractivity contribution is 0.448. The average molecular weight is 395 g/mol. The summed E-state index contributed by atoms with van der Waals surface area (Å²) in [4.78, 5) is 4.33. The van der Waals surface area contributed by atoms with Gasteiger partial charge in [0.15, 0.2) is 17.5 Å². The summed E-state index contributed by atoms with van der Waals surface area (Å²) in [7, 11) is 0. The molecule has 0 spiro atoms. The molecule has 0 saturated heterocycles. The summed E-state index contributed by atoms with van der Waals surface area (Å²) in [6, 6.07) is 8.18. The first-order valence-electron chi connectivity index (χ1n) is 8.84. The Hall–Kier alpha value is -1.59. The molecule has 0 atom stereocenters. The van der Waals surface area contributed by atoms with Crippen LogP contribution in [-0.4, -0.2) is 0 Å². The Labute approximate surface area is 160 Å². The summed E-state index contributed by atoms with van der Waals surface area (Å²) in [6.45, 7) is 4.30. The fourth-order valence-electron chi connectivity index (χ4n) is 3.02. The van der Waals surface area contributed by atoms with Crippen LogP contribution >= 0.6 is 22.7 Å². The third kappa shape index (κ3) is 4.21. The van der Waals surface area contributed by atoms with Gasteiger partial charge < -0.3 is 0 Å². The highest BCUT2D eigenvalue weighted by molar-refractivity contribution is 7.24. The Kier molecular flexibility index (Phi) is 6.20. The van der Waals surface area contributed by atoms with Crippen LogP contribution in [0.5, 0.6) is 0 Å². The first kappa shape index (κ1) is 19.2. The molecule has 26 heavy (non-hydrogen) atoms. The van der Waals surface area contributed by atoms with Crippen molar-refractivity contribution in [2.75, 3.05) is 0 Å². The highest BCUT2D eigenvalue weighted by atomic mass is 32.1. The van der Waals surface area contributed by atoms with E-state index in [1.165, 1.54) is 52.3 Å². The van der Waals surface area contributed by atoms with Crippen molar-refractivity contribution in [3.8, 4) is 20.2 Å². The number of hydrogen-bond donors (Lipinski definition) is 0. The summed E-state index contributed by atoms with van der Waals surface area (Å²) >= 11 is 3.24. The molecule has 0 aliphatic carbocycles. The van der Waals surface area contributed by atoms with Crippen molar-refractivity contribution in [3.63, 3.8) is 0 Å². The second-order valence-corrected chi connectivity index (χ2v) is 8.78. The molecule has 0 N–H and O–H groups in total. The topological polar surface area (TPSA) is 0 Å². The van der Waals surface area contributed by atoms with Crippen LogP contribution in [0.1, 0.15) is 43.0 Å². The van der Waals surface area contributed by atoms with Crippen molar-refractivity contribution >= 4 is 22.7 Å². The monoisotopic (exact) mass is 394 g/mol. The summed E-state index contributed by atoms with van der Waals surface area (Å²) in [5, 5.41) is 0. The number of benzene rings is 1. The van der Waals surface area contributed by atoms with Crippen molar-refractivity contribution in [1.29, 1.82) is 0 Å². The van der Waals surface area contributed by atoms with Gasteiger partial charge in [-0.15, -0.1) is 22.7 Å². The van der Waals surface area contributed by atoms with Crippen molar-refractivity contribution in [2.24, 2.45) is 0 Å². The third-order valence-corrected chi connectivity index (χ3v) is 6.74. The molecular formula is C21H21F3S2. The second-order valence-electron chi connectivity index (χ2n) is 6.44. The molecule has 5 heteroatoms. The van der Waals surface area contributed by atoms with Gasteiger partial charge in [-0.2, -0.15) is 0 Å². The lowest BCUT2D eigenvalue weighted by atomic mass is 10.1. The van der Waals surface area contributed by atoms with Gasteiger partial charge in [-0.25, -0.2) is 13.2 Å². The van der Waals surface area contributed by atoms with E-state index in [0.717, 1.165) is 28.3 Å². The minimum absolute atomic E-state index is 0.371. The van der Waals surface area contributed by atoms with Crippen molar-refractivity contribution in [1.82, 2.24) is 0 Å². The zero-order valence-electron chi connectivity index (χ0n) is 14.9. The number of aryl methyl sites for hydroxylation is 2. The Bertz CT molecular complexity index is 870. The zero-order chi connectivity index (χ0) is 18.7. The largest absolute Gasteiger partial charge is 0.204 e. The smallest absolute Gasteiger partial charge is 0.194 e. The highest BCUT2D eigenvalue weighted by Gasteiger charge is 2.15. The highest BCUT2D eigenvalue weighted by Crippen LogP contribution is 2.41. The molecule has 0 amide bonds. The Balaban J connectivity index is 1.86. The second kappa shape index (κ2) is 8.40.